The van der Waals surface area contributed by atoms with Crippen LogP contribution in [0.25, 0.3) is 0 Å². The number of rotatable bonds is 8. The van der Waals surface area contributed by atoms with Gasteiger partial charge in [0.1, 0.15) is 0 Å². The summed E-state index contributed by atoms with van der Waals surface area (Å²) in [6, 6.07) is 0.772. The average molecular weight is 210 g/mol. The van der Waals surface area contributed by atoms with Crippen molar-refractivity contribution >= 4 is 0 Å². The van der Waals surface area contributed by atoms with Crippen molar-refractivity contribution in [3.05, 3.63) is 0 Å². The van der Waals surface area contributed by atoms with E-state index in [1.54, 1.807) is 0 Å². The van der Waals surface area contributed by atoms with Gasteiger partial charge in [-0.1, -0.05) is 13.8 Å². The summed E-state index contributed by atoms with van der Waals surface area (Å²) in [5.41, 5.74) is 0. The summed E-state index contributed by atoms with van der Waals surface area (Å²) in [7, 11) is 0. The van der Waals surface area contributed by atoms with Crippen LogP contribution < -0.4 is 5.32 Å². The molecular weight excluding hydrogens is 184 g/mol. The zero-order valence-electron chi connectivity index (χ0n) is 10.3. The molecule has 0 heterocycles. The molecule has 0 spiro atoms. The van der Waals surface area contributed by atoms with Gasteiger partial charge in [0.05, 0.1) is 0 Å². The van der Waals surface area contributed by atoms with E-state index < -0.39 is 0 Å². The lowest BCUT2D eigenvalue weighted by molar-refractivity contribution is 0.234. The van der Waals surface area contributed by atoms with E-state index in [9.17, 15) is 0 Å². The van der Waals surface area contributed by atoms with E-state index in [1.807, 2.05) is 0 Å². The van der Waals surface area contributed by atoms with Gasteiger partial charge in [-0.15, -0.1) is 0 Å². The summed E-state index contributed by atoms with van der Waals surface area (Å²) in [5.74, 6) is 2.02. The quantitative estimate of drug-likeness (QED) is 0.660. The molecule has 0 radical (unpaired) electrons. The van der Waals surface area contributed by atoms with E-state index in [-0.39, 0.29) is 0 Å². The molecule has 88 valence electrons. The van der Waals surface area contributed by atoms with E-state index in [4.69, 9.17) is 0 Å². The van der Waals surface area contributed by atoms with Crippen LogP contribution in [0.1, 0.15) is 39.5 Å². The van der Waals surface area contributed by atoms with Crippen LogP contribution in [0.15, 0.2) is 0 Å². The zero-order valence-corrected chi connectivity index (χ0v) is 10.3. The first-order chi connectivity index (χ1) is 7.33. The van der Waals surface area contributed by atoms with Gasteiger partial charge in [-0.05, 0) is 50.6 Å². The van der Waals surface area contributed by atoms with Crippen LogP contribution in [0.4, 0.5) is 0 Å². The van der Waals surface area contributed by atoms with Crippen LogP contribution >= 0.6 is 0 Å². The van der Waals surface area contributed by atoms with E-state index in [0.717, 1.165) is 24.4 Å². The second-order valence-electron chi connectivity index (χ2n) is 5.30. The minimum atomic E-state index is 0.772. The van der Waals surface area contributed by atoms with Gasteiger partial charge in [0, 0.05) is 19.1 Å². The molecule has 2 aliphatic rings. The van der Waals surface area contributed by atoms with Gasteiger partial charge in [-0.25, -0.2) is 0 Å². The molecule has 2 nitrogen and oxygen atoms in total. The molecule has 2 saturated carbocycles. The second-order valence-corrected chi connectivity index (χ2v) is 5.30. The maximum absolute atomic E-state index is 3.66. The van der Waals surface area contributed by atoms with Crippen molar-refractivity contribution in [2.24, 2.45) is 11.8 Å². The van der Waals surface area contributed by atoms with Crippen LogP contribution in [-0.4, -0.2) is 37.1 Å². The lowest BCUT2D eigenvalue weighted by Crippen LogP contribution is -2.43. The molecule has 0 aromatic heterocycles. The van der Waals surface area contributed by atoms with Crippen molar-refractivity contribution in [2.45, 2.75) is 45.6 Å². The second kappa shape index (κ2) is 5.31. The van der Waals surface area contributed by atoms with Crippen molar-refractivity contribution < 1.29 is 0 Å². The Labute approximate surface area is 94.4 Å². The van der Waals surface area contributed by atoms with Gasteiger partial charge in [-0.2, -0.15) is 0 Å². The predicted molar refractivity (Wildman–Crippen MR) is 65.0 cm³/mol. The minimum absolute atomic E-state index is 0.772. The van der Waals surface area contributed by atoms with Crippen molar-refractivity contribution in [2.75, 3.05) is 26.2 Å². The molecule has 2 heteroatoms. The number of likely N-dealkylation sites (N-methyl/N-ethyl adjacent to an activating group) is 2. The first kappa shape index (κ1) is 11.4. The normalized spacial score (nSPS) is 23.4. The third kappa shape index (κ3) is 3.76. The molecule has 1 atom stereocenters. The Bertz CT molecular complexity index is 185. The van der Waals surface area contributed by atoms with Gasteiger partial charge in [0.15, 0.2) is 0 Å². The van der Waals surface area contributed by atoms with Crippen molar-refractivity contribution in [3.8, 4) is 0 Å². The van der Waals surface area contributed by atoms with E-state index in [1.165, 1.54) is 45.3 Å². The highest BCUT2D eigenvalue weighted by Gasteiger charge is 2.32. The molecule has 0 aromatic rings. The number of nitrogens with one attached hydrogen (secondary N) is 1. The highest BCUT2D eigenvalue weighted by atomic mass is 15.2. The van der Waals surface area contributed by atoms with Gasteiger partial charge in [0.2, 0.25) is 0 Å². The van der Waals surface area contributed by atoms with E-state index in [0.29, 0.717) is 0 Å². The number of nitrogens with zero attached hydrogens (tertiary/aromatic N) is 1. The van der Waals surface area contributed by atoms with Crippen LogP contribution in [0, 0.1) is 11.8 Å². The molecule has 0 bridgehead atoms. The molecule has 2 aliphatic carbocycles. The highest BCUT2D eigenvalue weighted by Crippen LogP contribution is 2.34. The summed E-state index contributed by atoms with van der Waals surface area (Å²) in [4.78, 5) is 2.66. The molecule has 1 N–H and O–H groups in total. The lowest BCUT2D eigenvalue weighted by Gasteiger charge is -2.27. The van der Waals surface area contributed by atoms with Crippen LogP contribution in [0.2, 0.25) is 0 Å². The maximum Gasteiger partial charge on any atom is 0.0223 e. The van der Waals surface area contributed by atoms with Crippen molar-refractivity contribution in [3.63, 3.8) is 0 Å². The van der Waals surface area contributed by atoms with Crippen molar-refractivity contribution in [1.82, 2.24) is 10.2 Å². The molecule has 0 aromatic carbocycles. The molecule has 2 rings (SSSR count). The Morgan fingerprint density at radius 1 is 1.20 bits per heavy atom. The first-order valence-electron chi connectivity index (χ1n) is 6.79. The Balaban J connectivity index is 1.73. The Kier molecular flexibility index (Phi) is 4.04. The van der Waals surface area contributed by atoms with Crippen molar-refractivity contribution in [1.29, 1.82) is 0 Å². The minimum Gasteiger partial charge on any atom is -0.313 e. The molecule has 0 aliphatic heterocycles. The van der Waals surface area contributed by atoms with E-state index in [2.05, 4.69) is 24.1 Å². The smallest absolute Gasteiger partial charge is 0.0223 e. The third-order valence-corrected chi connectivity index (χ3v) is 3.77. The topological polar surface area (TPSA) is 15.3 Å². The summed E-state index contributed by atoms with van der Waals surface area (Å²) < 4.78 is 0. The predicted octanol–water partition coefficient (Wildman–Crippen LogP) is 2.11. The molecule has 15 heavy (non-hydrogen) atoms. The number of hydrogen-bond donors (Lipinski definition) is 1. The van der Waals surface area contributed by atoms with Crippen LogP contribution in [-0.2, 0) is 0 Å². The molecule has 0 amide bonds. The van der Waals surface area contributed by atoms with Crippen LogP contribution in [0.5, 0.6) is 0 Å². The van der Waals surface area contributed by atoms with E-state index >= 15 is 0 Å². The Morgan fingerprint density at radius 3 is 2.40 bits per heavy atom. The average Bonchev–Trinajstić information content (AvgIpc) is 3.08. The zero-order chi connectivity index (χ0) is 10.7. The Morgan fingerprint density at radius 2 is 1.93 bits per heavy atom. The monoisotopic (exact) mass is 210 g/mol. The summed E-state index contributed by atoms with van der Waals surface area (Å²) in [5, 5.41) is 3.66. The third-order valence-electron chi connectivity index (χ3n) is 3.77. The van der Waals surface area contributed by atoms with Gasteiger partial charge >= 0.3 is 0 Å². The maximum atomic E-state index is 3.66. The van der Waals surface area contributed by atoms with Gasteiger partial charge in [-0.3, -0.25) is 0 Å². The lowest BCUT2D eigenvalue weighted by atomic mass is 10.1. The standard InChI is InChI=1S/C13H26N2/c1-3-14-13(12-7-8-12)10-15(4-2)9-11-5-6-11/h11-14H,3-10H2,1-2H3. The number of hydrogen-bond acceptors (Lipinski definition) is 2. The molecule has 1 unspecified atom stereocenters. The molecule has 2 fully saturated rings. The fourth-order valence-corrected chi connectivity index (χ4v) is 2.42. The summed E-state index contributed by atoms with van der Waals surface area (Å²) in [6.45, 7) is 9.52. The van der Waals surface area contributed by atoms with Gasteiger partial charge < -0.3 is 10.2 Å². The highest BCUT2D eigenvalue weighted by molar-refractivity contribution is 4.89. The largest absolute Gasteiger partial charge is 0.313 e. The first-order valence-corrected chi connectivity index (χ1v) is 6.79. The molecular formula is C13H26N2. The SMILES string of the molecule is CCNC(CN(CC)CC1CC1)C1CC1. The molecule has 0 saturated heterocycles. The summed E-state index contributed by atoms with van der Waals surface area (Å²) in [6.07, 6.45) is 5.87. The Hall–Kier alpha value is -0.0800. The summed E-state index contributed by atoms with van der Waals surface area (Å²) >= 11 is 0. The van der Waals surface area contributed by atoms with Crippen LogP contribution in [0.3, 0.4) is 0 Å². The fourth-order valence-electron chi connectivity index (χ4n) is 2.42. The van der Waals surface area contributed by atoms with Gasteiger partial charge in [0.25, 0.3) is 0 Å². The fraction of sp³-hybridized carbons (Fsp3) is 1.00.